The molecule has 1 aliphatic rings. The third kappa shape index (κ3) is 2.47. The van der Waals surface area contributed by atoms with Gasteiger partial charge in [0.05, 0.1) is 5.69 Å². The SMILES string of the molecule is CN1CCN(S(=O)(=O)c2cnccc2NN)C(C)(C)C1=O. The van der Waals surface area contributed by atoms with Gasteiger partial charge in [-0.1, -0.05) is 0 Å². The van der Waals surface area contributed by atoms with E-state index < -0.39 is 15.6 Å². The molecule has 0 aliphatic carbocycles. The number of carbonyl (C=O) groups is 1. The molecule has 9 heteroatoms. The van der Waals surface area contributed by atoms with E-state index in [0.29, 0.717) is 6.54 Å². The molecule has 3 N–H and O–H groups in total. The Hall–Kier alpha value is -1.71. The van der Waals surface area contributed by atoms with Gasteiger partial charge in [-0.25, -0.2) is 8.42 Å². The van der Waals surface area contributed by atoms with E-state index in [9.17, 15) is 13.2 Å². The highest BCUT2D eigenvalue weighted by atomic mass is 32.2. The van der Waals surface area contributed by atoms with E-state index in [0.717, 1.165) is 0 Å². The molecule has 1 aliphatic heterocycles. The second-order valence-corrected chi connectivity index (χ2v) is 7.21. The minimum atomic E-state index is -3.89. The summed E-state index contributed by atoms with van der Waals surface area (Å²) < 4.78 is 26.9. The number of sulfonamides is 1. The van der Waals surface area contributed by atoms with Crippen LogP contribution in [0.4, 0.5) is 5.69 Å². The Bertz CT molecular complexity index is 659. The molecular weight excluding hydrogens is 294 g/mol. The highest BCUT2D eigenvalue weighted by molar-refractivity contribution is 7.89. The molecule has 0 aromatic carbocycles. The Morgan fingerprint density at radius 2 is 2.05 bits per heavy atom. The van der Waals surface area contributed by atoms with Crippen molar-refractivity contribution >= 4 is 21.6 Å². The first-order valence-corrected chi connectivity index (χ1v) is 7.86. The van der Waals surface area contributed by atoms with Gasteiger partial charge >= 0.3 is 0 Å². The number of likely N-dealkylation sites (N-methyl/N-ethyl adjacent to an activating group) is 1. The molecule has 2 heterocycles. The van der Waals surface area contributed by atoms with Crippen LogP contribution in [0.1, 0.15) is 13.8 Å². The summed E-state index contributed by atoms with van der Waals surface area (Å²) >= 11 is 0. The van der Waals surface area contributed by atoms with Crippen LogP contribution in [0.2, 0.25) is 0 Å². The molecule has 1 aromatic heterocycles. The zero-order valence-electron chi connectivity index (χ0n) is 12.2. The number of nitrogens with two attached hydrogens (primary N) is 1. The van der Waals surface area contributed by atoms with Crippen LogP contribution in [-0.4, -0.2) is 54.2 Å². The smallest absolute Gasteiger partial charge is 0.247 e. The molecule has 0 bridgehead atoms. The van der Waals surface area contributed by atoms with Crippen LogP contribution < -0.4 is 11.3 Å². The lowest BCUT2D eigenvalue weighted by Gasteiger charge is -2.43. The third-order valence-corrected chi connectivity index (χ3v) is 5.74. The minimum Gasteiger partial charge on any atom is -0.343 e. The molecule has 1 amide bonds. The van der Waals surface area contributed by atoms with Crippen LogP contribution in [0.3, 0.4) is 0 Å². The number of rotatable bonds is 3. The summed E-state index contributed by atoms with van der Waals surface area (Å²) in [5.74, 6) is 5.11. The van der Waals surface area contributed by atoms with Crippen molar-refractivity contribution in [2.45, 2.75) is 24.3 Å². The number of nitrogen functional groups attached to an aromatic ring is 1. The lowest BCUT2D eigenvalue weighted by molar-refractivity contribution is -0.142. The molecule has 0 radical (unpaired) electrons. The quantitative estimate of drug-likeness (QED) is 0.581. The van der Waals surface area contributed by atoms with Crippen LogP contribution in [-0.2, 0) is 14.8 Å². The number of hydrogen-bond acceptors (Lipinski definition) is 6. The number of hydrogen-bond donors (Lipinski definition) is 2. The normalized spacial score (nSPS) is 19.6. The fraction of sp³-hybridized carbons (Fsp3) is 0.500. The molecule has 1 fully saturated rings. The van der Waals surface area contributed by atoms with E-state index >= 15 is 0 Å². The number of piperazine rings is 1. The molecule has 0 saturated carbocycles. The van der Waals surface area contributed by atoms with E-state index in [-0.39, 0.29) is 23.0 Å². The summed E-state index contributed by atoms with van der Waals surface area (Å²) in [5.41, 5.74) is 1.43. The van der Waals surface area contributed by atoms with Gasteiger partial charge < -0.3 is 10.3 Å². The van der Waals surface area contributed by atoms with Crippen LogP contribution >= 0.6 is 0 Å². The number of nitrogens with one attached hydrogen (secondary N) is 1. The van der Waals surface area contributed by atoms with Gasteiger partial charge in [0.1, 0.15) is 10.4 Å². The van der Waals surface area contributed by atoms with E-state index in [1.807, 2.05) is 0 Å². The number of aromatic nitrogens is 1. The van der Waals surface area contributed by atoms with Crippen molar-refractivity contribution in [2.24, 2.45) is 5.84 Å². The standard InChI is InChI=1S/C12H19N5O3S/c1-12(2)11(18)16(3)6-7-17(12)21(19,20)10-8-14-5-4-9(10)15-13/h4-5,8H,6-7,13H2,1-3H3,(H,14,15). The molecule has 8 nitrogen and oxygen atoms in total. The summed E-state index contributed by atoms with van der Waals surface area (Å²) in [6.45, 7) is 3.74. The van der Waals surface area contributed by atoms with Crippen LogP contribution in [0.15, 0.2) is 23.4 Å². The van der Waals surface area contributed by atoms with E-state index in [1.165, 1.54) is 27.7 Å². The van der Waals surface area contributed by atoms with Crippen molar-refractivity contribution in [3.05, 3.63) is 18.5 Å². The maximum Gasteiger partial charge on any atom is 0.247 e. The fourth-order valence-corrected chi connectivity index (χ4v) is 4.28. The molecule has 1 saturated heterocycles. The Morgan fingerprint density at radius 1 is 1.38 bits per heavy atom. The number of carbonyl (C=O) groups excluding carboxylic acids is 1. The van der Waals surface area contributed by atoms with Crippen molar-refractivity contribution in [2.75, 3.05) is 25.6 Å². The highest BCUT2D eigenvalue weighted by Gasteiger charge is 2.47. The first-order valence-electron chi connectivity index (χ1n) is 6.42. The Labute approximate surface area is 124 Å². The fourth-order valence-electron chi connectivity index (χ4n) is 2.44. The maximum atomic E-state index is 12.9. The largest absolute Gasteiger partial charge is 0.343 e. The first-order chi connectivity index (χ1) is 9.72. The van der Waals surface area contributed by atoms with Crippen molar-refractivity contribution in [3.63, 3.8) is 0 Å². The van der Waals surface area contributed by atoms with Gasteiger partial charge in [0, 0.05) is 32.5 Å². The average Bonchev–Trinajstić information content (AvgIpc) is 2.44. The molecular formula is C12H19N5O3S. The van der Waals surface area contributed by atoms with Crippen molar-refractivity contribution < 1.29 is 13.2 Å². The summed E-state index contributed by atoms with van der Waals surface area (Å²) in [6, 6.07) is 1.47. The summed E-state index contributed by atoms with van der Waals surface area (Å²) in [6.07, 6.45) is 2.66. The van der Waals surface area contributed by atoms with Gasteiger partial charge in [0.25, 0.3) is 0 Å². The number of nitrogens with zero attached hydrogens (tertiary/aromatic N) is 3. The topological polar surface area (TPSA) is 109 Å². The zero-order valence-corrected chi connectivity index (χ0v) is 13.0. The van der Waals surface area contributed by atoms with Crippen LogP contribution in [0, 0.1) is 0 Å². The predicted molar refractivity (Wildman–Crippen MR) is 77.7 cm³/mol. The molecule has 1 aromatic rings. The highest BCUT2D eigenvalue weighted by Crippen LogP contribution is 2.31. The van der Waals surface area contributed by atoms with Gasteiger partial charge in [-0.2, -0.15) is 4.31 Å². The van der Waals surface area contributed by atoms with Gasteiger partial charge in [-0.3, -0.25) is 15.6 Å². The Balaban J connectivity index is 2.51. The van der Waals surface area contributed by atoms with E-state index in [2.05, 4.69) is 10.4 Å². The first kappa shape index (κ1) is 15.7. The predicted octanol–water partition coefficient (Wildman–Crippen LogP) is -0.391. The number of pyridine rings is 1. The third-order valence-electron chi connectivity index (χ3n) is 3.64. The molecule has 2 rings (SSSR count). The Kier molecular flexibility index (Phi) is 3.91. The second-order valence-electron chi connectivity index (χ2n) is 5.38. The average molecular weight is 313 g/mol. The molecule has 0 atom stereocenters. The van der Waals surface area contributed by atoms with Crippen molar-refractivity contribution in [1.29, 1.82) is 0 Å². The van der Waals surface area contributed by atoms with Gasteiger partial charge in [0.15, 0.2) is 0 Å². The summed E-state index contributed by atoms with van der Waals surface area (Å²) in [4.78, 5) is 17.6. The van der Waals surface area contributed by atoms with Crippen molar-refractivity contribution in [3.8, 4) is 0 Å². The monoisotopic (exact) mass is 313 g/mol. The summed E-state index contributed by atoms with van der Waals surface area (Å²) in [5, 5.41) is 0. The van der Waals surface area contributed by atoms with E-state index in [4.69, 9.17) is 5.84 Å². The maximum absolute atomic E-state index is 12.9. The minimum absolute atomic E-state index is 0.0436. The molecule has 21 heavy (non-hydrogen) atoms. The van der Waals surface area contributed by atoms with Crippen LogP contribution in [0.5, 0.6) is 0 Å². The van der Waals surface area contributed by atoms with E-state index in [1.54, 1.807) is 20.9 Å². The van der Waals surface area contributed by atoms with Gasteiger partial charge in [0.2, 0.25) is 15.9 Å². The molecule has 0 unspecified atom stereocenters. The number of anilines is 1. The lowest BCUT2D eigenvalue weighted by Crippen LogP contribution is -2.63. The number of amides is 1. The van der Waals surface area contributed by atoms with Crippen LogP contribution in [0.25, 0.3) is 0 Å². The van der Waals surface area contributed by atoms with Gasteiger partial charge in [-0.15, -0.1) is 0 Å². The number of hydrazine groups is 1. The van der Waals surface area contributed by atoms with Crippen molar-refractivity contribution in [1.82, 2.24) is 14.2 Å². The summed E-state index contributed by atoms with van der Waals surface area (Å²) in [7, 11) is -2.23. The lowest BCUT2D eigenvalue weighted by atomic mass is 10.0. The van der Waals surface area contributed by atoms with Gasteiger partial charge in [-0.05, 0) is 19.9 Å². The molecule has 0 spiro atoms. The zero-order chi connectivity index (χ0) is 15.8. The Morgan fingerprint density at radius 3 is 2.67 bits per heavy atom. The molecule has 116 valence electrons. The second kappa shape index (κ2) is 5.24.